The molecule has 1 aromatic heterocycles. The minimum Gasteiger partial charge on any atom is -0.497 e. The first-order chi connectivity index (χ1) is 12.5. The summed E-state index contributed by atoms with van der Waals surface area (Å²) in [4.78, 5) is 24.2. The topological polar surface area (TPSA) is 125 Å². The molecule has 0 fully saturated rings. The number of nitrogens with one attached hydrogen (secondary N) is 1. The van der Waals surface area contributed by atoms with Crippen molar-refractivity contribution in [2.75, 3.05) is 12.4 Å². The van der Waals surface area contributed by atoms with E-state index in [-0.39, 0.29) is 12.5 Å². The number of amides is 2. The lowest BCUT2D eigenvalue weighted by atomic mass is 10.1. The number of methoxy groups -OCH3 is 1. The molecule has 132 valence electrons. The predicted molar refractivity (Wildman–Crippen MR) is 93.4 cm³/mol. The molecule has 0 atom stereocenters. The molecule has 1 heterocycles. The summed E-state index contributed by atoms with van der Waals surface area (Å²) in [6, 6.07) is 13.8. The first-order valence-corrected chi connectivity index (χ1v) is 7.67. The fourth-order valence-electron chi connectivity index (χ4n) is 2.21. The molecule has 2 aromatic carbocycles. The maximum absolute atomic E-state index is 12.2. The van der Waals surface area contributed by atoms with Crippen molar-refractivity contribution >= 4 is 17.5 Å². The SMILES string of the molecule is COc1ccc(C(=O)Nc2ccc(-c3nnn(CC(N)=O)n3)cc2)cc1. The average molecular weight is 352 g/mol. The molecular formula is C17H16N6O3. The van der Waals surface area contributed by atoms with Gasteiger partial charge in [-0.15, -0.1) is 10.2 Å². The van der Waals surface area contributed by atoms with Crippen molar-refractivity contribution in [3.63, 3.8) is 0 Å². The van der Waals surface area contributed by atoms with Crippen LogP contribution in [0.5, 0.6) is 5.75 Å². The second-order valence-electron chi connectivity index (χ2n) is 5.37. The van der Waals surface area contributed by atoms with Gasteiger partial charge in [0.05, 0.1) is 7.11 Å². The van der Waals surface area contributed by atoms with Crippen LogP contribution in [0, 0.1) is 0 Å². The molecule has 0 unspecified atom stereocenters. The molecule has 0 saturated heterocycles. The average Bonchev–Trinajstić information content (AvgIpc) is 3.10. The number of hydrogen-bond acceptors (Lipinski definition) is 6. The van der Waals surface area contributed by atoms with Gasteiger partial charge in [0.2, 0.25) is 11.7 Å². The van der Waals surface area contributed by atoms with E-state index in [0.717, 1.165) is 4.80 Å². The molecule has 0 bridgehead atoms. The summed E-state index contributed by atoms with van der Waals surface area (Å²) < 4.78 is 5.07. The van der Waals surface area contributed by atoms with Crippen molar-refractivity contribution < 1.29 is 14.3 Å². The van der Waals surface area contributed by atoms with Gasteiger partial charge in [0.15, 0.2) is 0 Å². The van der Waals surface area contributed by atoms with Crippen LogP contribution in [0.15, 0.2) is 48.5 Å². The number of tetrazole rings is 1. The molecular weight excluding hydrogens is 336 g/mol. The third-order valence-corrected chi connectivity index (χ3v) is 3.50. The molecule has 0 aliphatic heterocycles. The maximum atomic E-state index is 12.2. The van der Waals surface area contributed by atoms with Gasteiger partial charge in [0.1, 0.15) is 12.3 Å². The van der Waals surface area contributed by atoms with Crippen LogP contribution >= 0.6 is 0 Å². The van der Waals surface area contributed by atoms with E-state index >= 15 is 0 Å². The Morgan fingerprint density at radius 1 is 1.12 bits per heavy atom. The Kier molecular flexibility index (Phi) is 4.88. The summed E-state index contributed by atoms with van der Waals surface area (Å²) in [5, 5.41) is 14.5. The zero-order valence-electron chi connectivity index (χ0n) is 13.9. The van der Waals surface area contributed by atoms with Gasteiger partial charge >= 0.3 is 0 Å². The number of hydrogen-bond donors (Lipinski definition) is 2. The monoisotopic (exact) mass is 352 g/mol. The van der Waals surface area contributed by atoms with Gasteiger partial charge in [-0.3, -0.25) is 9.59 Å². The molecule has 0 aliphatic carbocycles. The molecule has 0 radical (unpaired) electrons. The Labute approximate surface area is 148 Å². The highest BCUT2D eigenvalue weighted by Crippen LogP contribution is 2.18. The Bertz CT molecular complexity index is 918. The normalized spacial score (nSPS) is 10.3. The van der Waals surface area contributed by atoms with Crippen LogP contribution in [0.25, 0.3) is 11.4 Å². The van der Waals surface area contributed by atoms with E-state index in [9.17, 15) is 9.59 Å². The second kappa shape index (κ2) is 7.43. The van der Waals surface area contributed by atoms with Crippen molar-refractivity contribution in [1.82, 2.24) is 20.2 Å². The number of anilines is 1. The fraction of sp³-hybridized carbons (Fsp3) is 0.118. The lowest BCUT2D eigenvalue weighted by molar-refractivity contribution is -0.118. The Hall–Kier alpha value is -3.75. The molecule has 3 N–H and O–H groups in total. The number of primary amides is 1. The van der Waals surface area contributed by atoms with Crippen LogP contribution < -0.4 is 15.8 Å². The minimum atomic E-state index is -0.550. The van der Waals surface area contributed by atoms with Crippen LogP contribution in [0.1, 0.15) is 10.4 Å². The van der Waals surface area contributed by atoms with E-state index in [1.807, 2.05) is 0 Å². The molecule has 0 spiro atoms. The van der Waals surface area contributed by atoms with Gasteiger partial charge in [0.25, 0.3) is 5.91 Å². The lowest BCUT2D eigenvalue weighted by Crippen LogP contribution is -2.20. The highest BCUT2D eigenvalue weighted by atomic mass is 16.5. The van der Waals surface area contributed by atoms with Gasteiger partial charge in [0, 0.05) is 16.8 Å². The molecule has 3 aromatic rings. The van der Waals surface area contributed by atoms with E-state index in [1.165, 1.54) is 0 Å². The highest BCUT2D eigenvalue weighted by Gasteiger charge is 2.09. The summed E-state index contributed by atoms with van der Waals surface area (Å²) in [5.41, 5.74) is 6.93. The Morgan fingerprint density at radius 3 is 2.42 bits per heavy atom. The Morgan fingerprint density at radius 2 is 1.81 bits per heavy atom. The van der Waals surface area contributed by atoms with Gasteiger partial charge in [-0.2, -0.15) is 4.80 Å². The maximum Gasteiger partial charge on any atom is 0.255 e. The first-order valence-electron chi connectivity index (χ1n) is 7.67. The third-order valence-electron chi connectivity index (χ3n) is 3.50. The number of carbonyl (C=O) groups excluding carboxylic acids is 2. The van der Waals surface area contributed by atoms with E-state index in [2.05, 4.69) is 20.7 Å². The molecule has 3 rings (SSSR count). The summed E-state index contributed by atoms with van der Waals surface area (Å²) in [7, 11) is 1.57. The molecule has 9 heteroatoms. The number of nitrogens with two attached hydrogens (primary N) is 1. The largest absolute Gasteiger partial charge is 0.497 e. The number of benzene rings is 2. The summed E-state index contributed by atoms with van der Waals surface area (Å²) in [6.07, 6.45) is 0. The number of nitrogens with zero attached hydrogens (tertiary/aromatic N) is 4. The molecule has 9 nitrogen and oxygen atoms in total. The van der Waals surface area contributed by atoms with Crippen LogP contribution in [-0.4, -0.2) is 39.1 Å². The summed E-state index contributed by atoms with van der Waals surface area (Å²) in [5.74, 6) is 0.263. The zero-order valence-corrected chi connectivity index (χ0v) is 13.9. The van der Waals surface area contributed by atoms with Crippen molar-refractivity contribution in [3.8, 4) is 17.1 Å². The Balaban J connectivity index is 1.68. The molecule has 0 aliphatic rings. The highest BCUT2D eigenvalue weighted by molar-refractivity contribution is 6.04. The fourth-order valence-corrected chi connectivity index (χ4v) is 2.21. The minimum absolute atomic E-state index is 0.136. The van der Waals surface area contributed by atoms with Gasteiger partial charge in [-0.1, -0.05) is 0 Å². The van der Waals surface area contributed by atoms with Crippen molar-refractivity contribution in [2.45, 2.75) is 6.54 Å². The van der Waals surface area contributed by atoms with Crippen LogP contribution in [-0.2, 0) is 11.3 Å². The van der Waals surface area contributed by atoms with Gasteiger partial charge in [-0.25, -0.2) is 0 Å². The van der Waals surface area contributed by atoms with E-state index < -0.39 is 5.91 Å². The van der Waals surface area contributed by atoms with Crippen LogP contribution in [0.4, 0.5) is 5.69 Å². The quantitative estimate of drug-likeness (QED) is 0.684. The third kappa shape index (κ3) is 4.01. The smallest absolute Gasteiger partial charge is 0.255 e. The van der Waals surface area contributed by atoms with Crippen molar-refractivity contribution in [1.29, 1.82) is 0 Å². The van der Waals surface area contributed by atoms with E-state index in [1.54, 1.807) is 55.6 Å². The molecule has 26 heavy (non-hydrogen) atoms. The standard InChI is InChI=1S/C17H16N6O3/c1-26-14-8-4-12(5-9-14)17(25)19-13-6-2-11(3-7-13)16-20-22-23(21-16)10-15(18)24/h2-9H,10H2,1H3,(H2,18,24)(H,19,25). The lowest BCUT2D eigenvalue weighted by Gasteiger charge is -2.06. The number of carbonyl (C=O) groups is 2. The second-order valence-corrected chi connectivity index (χ2v) is 5.37. The number of ether oxygens (including phenoxy) is 1. The summed E-state index contributed by atoms with van der Waals surface area (Å²) >= 11 is 0. The number of aromatic nitrogens is 4. The number of rotatable bonds is 6. The first kappa shape index (κ1) is 17.1. The van der Waals surface area contributed by atoms with Crippen molar-refractivity contribution in [3.05, 3.63) is 54.1 Å². The molecule has 0 saturated carbocycles. The van der Waals surface area contributed by atoms with Gasteiger partial charge in [-0.05, 0) is 53.7 Å². The summed E-state index contributed by atoms with van der Waals surface area (Å²) in [6.45, 7) is -0.136. The zero-order chi connectivity index (χ0) is 18.5. The predicted octanol–water partition coefficient (Wildman–Crippen LogP) is 1.09. The van der Waals surface area contributed by atoms with E-state index in [4.69, 9.17) is 10.5 Å². The van der Waals surface area contributed by atoms with Gasteiger partial charge < -0.3 is 15.8 Å². The van der Waals surface area contributed by atoms with Crippen molar-refractivity contribution in [2.24, 2.45) is 5.73 Å². The van der Waals surface area contributed by atoms with Crippen LogP contribution in [0.2, 0.25) is 0 Å². The van der Waals surface area contributed by atoms with Crippen LogP contribution in [0.3, 0.4) is 0 Å². The molecule has 2 amide bonds. The van der Waals surface area contributed by atoms with E-state index in [0.29, 0.717) is 28.4 Å².